The van der Waals surface area contributed by atoms with E-state index in [0.717, 1.165) is 0 Å². The number of aryl methyl sites for hydroxylation is 1. The zero-order valence-electron chi connectivity index (χ0n) is 5.89. The second-order valence-corrected chi connectivity index (χ2v) is 2.27. The van der Waals surface area contributed by atoms with Crippen molar-refractivity contribution in [1.29, 1.82) is 0 Å². The van der Waals surface area contributed by atoms with Crippen LogP contribution < -0.4 is 0 Å². The van der Waals surface area contributed by atoms with E-state index in [2.05, 4.69) is 15.3 Å². The third kappa shape index (κ3) is 0.813. The Kier molecular flexibility index (Phi) is 1.06. The van der Waals surface area contributed by atoms with Crippen LogP contribution in [0.5, 0.6) is 5.88 Å². The van der Waals surface area contributed by atoms with Gasteiger partial charge in [0.25, 0.3) is 0 Å². The molecule has 2 aromatic rings. The Hall–Kier alpha value is -1.65. The minimum absolute atomic E-state index is 0.0735. The van der Waals surface area contributed by atoms with Gasteiger partial charge in [-0.15, -0.1) is 5.10 Å². The first-order valence-corrected chi connectivity index (χ1v) is 3.11. The van der Waals surface area contributed by atoms with Crippen LogP contribution in [0.4, 0.5) is 0 Å². The summed E-state index contributed by atoms with van der Waals surface area (Å²) in [7, 11) is 1.78. The van der Waals surface area contributed by atoms with Crippen LogP contribution in [0.1, 0.15) is 0 Å². The molecule has 0 saturated carbocycles. The van der Waals surface area contributed by atoms with E-state index in [1.807, 2.05) is 0 Å². The predicted octanol–water partition coefficient (Wildman–Crippen LogP) is 0.0689. The molecular formula is C6H6N4O. The van der Waals surface area contributed by atoms with Crippen LogP contribution in [0.25, 0.3) is 10.9 Å². The van der Waals surface area contributed by atoms with E-state index in [9.17, 15) is 0 Å². The Morgan fingerprint density at radius 1 is 1.55 bits per heavy atom. The van der Waals surface area contributed by atoms with Crippen molar-refractivity contribution in [2.45, 2.75) is 0 Å². The van der Waals surface area contributed by atoms with Gasteiger partial charge in [0, 0.05) is 13.2 Å². The Morgan fingerprint density at radius 2 is 2.36 bits per heavy atom. The average molecular weight is 150 g/mol. The topological polar surface area (TPSA) is 63.8 Å². The maximum absolute atomic E-state index is 9.16. The molecule has 0 fully saturated rings. The molecule has 0 saturated heterocycles. The SMILES string of the molecule is Cn1cc2c(O)nncc2n1. The molecule has 56 valence electrons. The zero-order chi connectivity index (χ0) is 7.84. The van der Waals surface area contributed by atoms with Crippen molar-refractivity contribution in [3.8, 4) is 5.88 Å². The van der Waals surface area contributed by atoms with Gasteiger partial charge in [-0.05, 0) is 0 Å². The molecular weight excluding hydrogens is 144 g/mol. The number of aromatic hydroxyl groups is 1. The molecule has 5 heteroatoms. The Labute approximate surface area is 62.3 Å². The van der Waals surface area contributed by atoms with Crippen LogP contribution in [0.15, 0.2) is 12.4 Å². The molecule has 1 N–H and O–H groups in total. The van der Waals surface area contributed by atoms with Crippen molar-refractivity contribution in [3.63, 3.8) is 0 Å². The van der Waals surface area contributed by atoms with E-state index in [1.165, 1.54) is 6.20 Å². The summed E-state index contributed by atoms with van der Waals surface area (Å²) in [5.74, 6) is -0.0735. The molecule has 2 aromatic heterocycles. The van der Waals surface area contributed by atoms with E-state index in [1.54, 1.807) is 17.9 Å². The van der Waals surface area contributed by atoms with Crippen LogP contribution in [0.2, 0.25) is 0 Å². The monoisotopic (exact) mass is 150 g/mol. The average Bonchev–Trinajstić information content (AvgIpc) is 2.31. The molecule has 0 unspecified atom stereocenters. The quantitative estimate of drug-likeness (QED) is 0.577. The Balaban J connectivity index is 2.90. The fraction of sp³-hybridized carbons (Fsp3) is 0.167. The van der Waals surface area contributed by atoms with Crippen LogP contribution in [-0.4, -0.2) is 25.1 Å². The van der Waals surface area contributed by atoms with Crippen molar-refractivity contribution < 1.29 is 5.11 Å². The second-order valence-electron chi connectivity index (χ2n) is 2.27. The normalized spacial score (nSPS) is 10.6. The lowest BCUT2D eigenvalue weighted by Gasteiger charge is -1.86. The molecule has 0 spiro atoms. The van der Waals surface area contributed by atoms with Crippen LogP contribution in [-0.2, 0) is 7.05 Å². The third-order valence-corrected chi connectivity index (χ3v) is 1.43. The standard InChI is InChI=1S/C6H6N4O/c1-10-3-4-5(9-10)2-7-8-6(4)11/h2-3H,1H3,(H,8,11). The maximum Gasteiger partial charge on any atom is 0.242 e. The van der Waals surface area contributed by atoms with Crippen molar-refractivity contribution in [1.82, 2.24) is 20.0 Å². The fourth-order valence-electron chi connectivity index (χ4n) is 0.965. The first kappa shape index (κ1) is 6.09. The van der Waals surface area contributed by atoms with Gasteiger partial charge in [-0.1, -0.05) is 0 Å². The summed E-state index contributed by atoms with van der Waals surface area (Å²) in [5, 5.41) is 20.8. The Bertz CT molecular complexity index is 394. The molecule has 2 heterocycles. The molecule has 0 aromatic carbocycles. The molecule has 0 radical (unpaired) electrons. The van der Waals surface area contributed by atoms with Gasteiger partial charge in [0.1, 0.15) is 5.52 Å². The molecule has 0 atom stereocenters. The molecule has 0 amide bonds. The summed E-state index contributed by atoms with van der Waals surface area (Å²) in [6, 6.07) is 0. The fourth-order valence-corrected chi connectivity index (χ4v) is 0.965. The molecule has 0 aliphatic heterocycles. The van der Waals surface area contributed by atoms with E-state index >= 15 is 0 Å². The van der Waals surface area contributed by atoms with E-state index in [4.69, 9.17) is 5.11 Å². The number of hydrogen-bond acceptors (Lipinski definition) is 4. The first-order chi connectivity index (χ1) is 5.27. The molecule has 2 rings (SSSR count). The van der Waals surface area contributed by atoms with E-state index < -0.39 is 0 Å². The number of hydrogen-bond donors (Lipinski definition) is 1. The van der Waals surface area contributed by atoms with Crippen LogP contribution in [0, 0.1) is 0 Å². The smallest absolute Gasteiger partial charge is 0.242 e. The molecule has 11 heavy (non-hydrogen) atoms. The van der Waals surface area contributed by atoms with Gasteiger partial charge < -0.3 is 5.11 Å². The largest absolute Gasteiger partial charge is 0.492 e. The van der Waals surface area contributed by atoms with E-state index in [-0.39, 0.29) is 5.88 Å². The van der Waals surface area contributed by atoms with Crippen LogP contribution >= 0.6 is 0 Å². The summed E-state index contributed by atoms with van der Waals surface area (Å²) in [5.41, 5.74) is 0.653. The number of fused-ring (bicyclic) bond motifs is 1. The summed E-state index contributed by atoms with van der Waals surface area (Å²) in [4.78, 5) is 0. The van der Waals surface area contributed by atoms with Gasteiger partial charge in [-0.25, -0.2) is 0 Å². The summed E-state index contributed by atoms with van der Waals surface area (Å²) < 4.78 is 1.60. The number of aromatic nitrogens is 4. The van der Waals surface area contributed by atoms with Gasteiger partial charge in [0.15, 0.2) is 0 Å². The van der Waals surface area contributed by atoms with E-state index in [0.29, 0.717) is 10.9 Å². The van der Waals surface area contributed by atoms with Crippen molar-refractivity contribution in [2.24, 2.45) is 7.05 Å². The number of rotatable bonds is 0. The van der Waals surface area contributed by atoms with Crippen molar-refractivity contribution in [3.05, 3.63) is 12.4 Å². The van der Waals surface area contributed by atoms with Gasteiger partial charge >= 0.3 is 0 Å². The maximum atomic E-state index is 9.16. The molecule has 0 aliphatic carbocycles. The lowest BCUT2D eigenvalue weighted by atomic mass is 10.4. The molecule has 5 nitrogen and oxygen atoms in total. The first-order valence-electron chi connectivity index (χ1n) is 3.11. The molecule has 0 aliphatic rings. The highest BCUT2D eigenvalue weighted by Crippen LogP contribution is 2.17. The summed E-state index contributed by atoms with van der Waals surface area (Å²) in [6.45, 7) is 0. The number of nitrogens with zero attached hydrogens (tertiary/aromatic N) is 4. The van der Waals surface area contributed by atoms with Crippen molar-refractivity contribution >= 4 is 10.9 Å². The minimum atomic E-state index is -0.0735. The highest BCUT2D eigenvalue weighted by molar-refractivity contribution is 5.81. The van der Waals surface area contributed by atoms with Crippen LogP contribution in [0.3, 0.4) is 0 Å². The zero-order valence-corrected chi connectivity index (χ0v) is 5.89. The molecule has 0 bridgehead atoms. The second kappa shape index (κ2) is 1.91. The highest BCUT2D eigenvalue weighted by atomic mass is 16.3. The van der Waals surface area contributed by atoms with Gasteiger partial charge in [0.2, 0.25) is 5.88 Å². The Morgan fingerprint density at radius 3 is 3.09 bits per heavy atom. The summed E-state index contributed by atoms with van der Waals surface area (Å²) >= 11 is 0. The third-order valence-electron chi connectivity index (χ3n) is 1.43. The van der Waals surface area contributed by atoms with Gasteiger partial charge in [0.05, 0.1) is 11.6 Å². The van der Waals surface area contributed by atoms with Gasteiger partial charge in [-0.3, -0.25) is 4.68 Å². The lowest BCUT2D eigenvalue weighted by Crippen LogP contribution is -1.84. The van der Waals surface area contributed by atoms with Gasteiger partial charge in [-0.2, -0.15) is 10.2 Å². The minimum Gasteiger partial charge on any atom is -0.492 e. The lowest BCUT2D eigenvalue weighted by molar-refractivity contribution is 0.452. The predicted molar refractivity (Wildman–Crippen MR) is 38.0 cm³/mol. The summed E-state index contributed by atoms with van der Waals surface area (Å²) in [6.07, 6.45) is 3.20. The van der Waals surface area contributed by atoms with Crippen molar-refractivity contribution in [2.75, 3.05) is 0 Å². The highest BCUT2D eigenvalue weighted by Gasteiger charge is 2.03.